The number of carbonyl (C=O) groups is 2. The van der Waals surface area contributed by atoms with Crippen molar-refractivity contribution in [1.29, 1.82) is 0 Å². The zero-order chi connectivity index (χ0) is 15.4. The molecular weight excluding hydrogens is 275 g/mol. The van der Waals surface area contributed by atoms with E-state index in [4.69, 9.17) is 0 Å². The van der Waals surface area contributed by atoms with Gasteiger partial charge >= 0.3 is 0 Å². The minimum atomic E-state index is -0.491. The van der Waals surface area contributed by atoms with Gasteiger partial charge in [0, 0.05) is 19.2 Å². The number of benzene rings is 1. The minimum Gasteiger partial charge on any atom is -0.393 e. The van der Waals surface area contributed by atoms with Crippen molar-refractivity contribution in [1.82, 2.24) is 10.2 Å². The molecule has 0 heterocycles. The predicted octanol–water partition coefficient (Wildman–Crippen LogP) is 0.785. The van der Waals surface area contributed by atoms with Gasteiger partial charge in [0.1, 0.15) is 5.82 Å². The molecule has 0 bridgehead atoms. The third kappa shape index (κ3) is 4.26. The molecule has 0 saturated heterocycles. The van der Waals surface area contributed by atoms with Crippen LogP contribution in [0.25, 0.3) is 0 Å². The number of halogens is 1. The van der Waals surface area contributed by atoms with E-state index in [1.54, 1.807) is 11.9 Å². The first-order valence-corrected chi connectivity index (χ1v) is 6.91. The molecule has 21 heavy (non-hydrogen) atoms. The smallest absolute Gasteiger partial charge is 0.251 e. The summed E-state index contributed by atoms with van der Waals surface area (Å²) in [6, 6.07) is 5.31. The third-order valence-electron chi connectivity index (χ3n) is 3.66. The van der Waals surface area contributed by atoms with Crippen LogP contribution < -0.4 is 5.32 Å². The van der Waals surface area contributed by atoms with Crippen LogP contribution in [0.3, 0.4) is 0 Å². The van der Waals surface area contributed by atoms with E-state index < -0.39 is 11.7 Å². The van der Waals surface area contributed by atoms with Crippen molar-refractivity contribution in [2.45, 2.75) is 18.9 Å². The molecule has 0 unspecified atom stereocenters. The lowest BCUT2D eigenvalue weighted by molar-refractivity contribution is -0.130. The van der Waals surface area contributed by atoms with Gasteiger partial charge in [0.2, 0.25) is 5.91 Å². The maximum atomic E-state index is 13.0. The highest BCUT2D eigenvalue weighted by Gasteiger charge is 2.29. The molecule has 6 heteroatoms. The Bertz CT molecular complexity index is 529. The molecule has 5 nitrogen and oxygen atoms in total. The molecule has 1 aromatic rings. The normalized spacial score (nSPS) is 20.5. The van der Waals surface area contributed by atoms with Crippen LogP contribution >= 0.6 is 0 Å². The first kappa shape index (κ1) is 15.4. The van der Waals surface area contributed by atoms with Crippen LogP contribution in [0.1, 0.15) is 23.2 Å². The fourth-order valence-electron chi connectivity index (χ4n) is 2.36. The quantitative estimate of drug-likeness (QED) is 0.843. The molecule has 1 fully saturated rings. The molecule has 2 rings (SSSR count). The highest BCUT2D eigenvalue weighted by Crippen LogP contribution is 2.27. The maximum Gasteiger partial charge on any atom is 0.251 e. The summed E-state index contributed by atoms with van der Waals surface area (Å²) in [4.78, 5) is 25.2. The van der Waals surface area contributed by atoms with Gasteiger partial charge in [-0.2, -0.15) is 0 Å². The summed E-state index contributed by atoms with van der Waals surface area (Å²) in [6.45, 7) is 0.451. The van der Waals surface area contributed by atoms with E-state index in [1.165, 1.54) is 18.2 Å². The number of aliphatic hydroxyl groups excluding tert-OH is 1. The van der Waals surface area contributed by atoms with Gasteiger partial charge in [-0.25, -0.2) is 4.39 Å². The zero-order valence-corrected chi connectivity index (χ0v) is 11.9. The van der Waals surface area contributed by atoms with Crippen LogP contribution in [-0.2, 0) is 4.79 Å². The average molecular weight is 294 g/mol. The molecular formula is C15H19FN2O3. The lowest BCUT2D eigenvalue weighted by atomic mass is 9.82. The Morgan fingerprint density at radius 3 is 2.76 bits per heavy atom. The van der Waals surface area contributed by atoms with Gasteiger partial charge in [0.05, 0.1) is 12.6 Å². The third-order valence-corrected chi connectivity index (χ3v) is 3.66. The number of nitrogens with one attached hydrogen (secondary N) is 1. The van der Waals surface area contributed by atoms with Crippen molar-refractivity contribution in [3.63, 3.8) is 0 Å². The van der Waals surface area contributed by atoms with Crippen LogP contribution in [0.4, 0.5) is 4.39 Å². The number of hydrogen-bond donors (Lipinski definition) is 2. The number of hydrogen-bond acceptors (Lipinski definition) is 3. The minimum absolute atomic E-state index is 0.124. The largest absolute Gasteiger partial charge is 0.393 e. The molecule has 0 spiro atoms. The molecule has 1 aliphatic carbocycles. The number of rotatable bonds is 5. The van der Waals surface area contributed by atoms with Crippen LogP contribution in [-0.4, -0.2) is 48.1 Å². The summed E-state index contributed by atoms with van der Waals surface area (Å²) in [5, 5.41) is 11.7. The molecule has 114 valence electrons. The van der Waals surface area contributed by atoms with Gasteiger partial charge in [0.15, 0.2) is 0 Å². The van der Waals surface area contributed by atoms with E-state index in [0.717, 1.165) is 6.07 Å². The van der Waals surface area contributed by atoms with Crippen molar-refractivity contribution in [3.8, 4) is 0 Å². The van der Waals surface area contributed by atoms with Gasteiger partial charge in [0.25, 0.3) is 5.91 Å². The second-order valence-corrected chi connectivity index (χ2v) is 5.46. The van der Waals surface area contributed by atoms with Crippen LogP contribution in [0.15, 0.2) is 24.3 Å². The molecule has 0 atom stereocenters. The number of aliphatic hydroxyl groups is 1. The average Bonchev–Trinajstić information content (AvgIpc) is 2.42. The molecule has 1 aromatic carbocycles. The standard InChI is InChI=1S/C15H19FN2O3/c1-18(9-10-5-13(19)6-10)14(20)8-17-15(21)11-3-2-4-12(16)7-11/h2-4,7,10,13,19H,5-6,8-9H2,1H3,(H,17,21). The van der Waals surface area contributed by atoms with Gasteiger partial charge in [-0.1, -0.05) is 6.07 Å². The number of nitrogens with zero attached hydrogens (tertiary/aromatic N) is 1. The molecule has 2 amide bonds. The second-order valence-electron chi connectivity index (χ2n) is 5.46. The van der Waals surface area contributed by atoms with Gasteiger partial charge in [-0.15, -0.1) is 0 Å². The Labute approximate surface area is 122 Å². The van der Waals surface area contributed by atoms with Gasteiger partial charge in [-0.3, -0.25) is 9.59 Å². The van der Waals surface area contributed by atoms with Crippen LogP contribution in [0.2, 0.25) is 0 Å². The summed E-state index contributed by atoms with van der Waals surface area (Å²) in [5.74, 6) is -0.848. The molecule has 0 aliphatic heterocycles. The summed E-state index contributed by atoms with van der Waals surface area (Å²) in [7, 11) is 1.67. The van der Waals surface area contributed by atoms with Gasteiger partial charge < -0.3 is 15.3 Å². The highest BCUT2D eigenvalue weighted by molar-refractivity contribution is 5.96. The monoisotopic (exact) mass is 294 g/mol. The Morgan fingerprint density at radius 2 is 2.14 bits per heavy atom. The van der Waals surface area contributed by atoms with Crippen molar-refractivity contribution in [2.24, 2.45) is 5.92 Å². The van der Waals surface area contributed by atoms with Crippen molar-refractivity contribution in [2.75, 3.05) is 20.1 Å². The van der Waals surface area contributed by atoms with E-state index >= 15 is 0 Å². The molecule has 1 aliphatic rings. The predicted molar refractivity (Wildman–Crippen MR) is 75.1 cm³/mol. The first-order chi connectivity index (χ1) is 9.95. The Kier molecular flexibility index (Phi) is 4.90. The lowest BCUT2D eigenvalue weighted by Crippen LogP contribution is -2.43. The fourth-order valence-corrected chi connectivity index (χ4v) is 2.36. The highest BCUT2D eigenvalue weighted by atomic mass is 19.1. The maximum absolute atomic E-state index is 13.0. The number of amides is 2. The van der Waals surface area contributed by atoms with E-state index in [9.17, 15) is 19.1 Å². The van der Waals surface area contributed by atoms with Crippen molar-refractivity contribution >= 4 is 11.8 Å². The Balaban J connectivity index is 1.76. The Morgan fingerprint density at radius 1 is 1.43 bits per heavy atom. The topological polar surface area (TPSA) is 69.6 Å². The summed E-state index contributed by atoms with van der Waals surface area (Å²) in [6.07, 6.45) is 1.19. The zero-order valence-electron chi connectivity index (χ0n) is 11.9. The van der Waals surface area contributed by atoms with E-state index in [1.807, 2.05) is 0 Å². The van der Waals surface area contributed by atoms with E-state index in [0.29, 0.717) is 25.3 Å². The van der Waals surface area contributed by atoms with Crippen molar-refractivity contribution in [3.05, 3.63) is 35.6 Å². The Hall–Kier alpha value is -1.95. The molecule has 0 radical (unpaired) electrons. The van der Waals surface area contributed by atoms with Gasteiger partial charge in [-0.05, 0) is 37.0 Å². The van der Waals surface area contributed by atoms with Crippen molar-refractivity contribution < 1.29 is 19.1 Å². The van der Waals surface area contributed by atoms with Crippen LogP contribution in [0.5, 0.6) is 0 Å². The SMILES string of the molecule is CN(CC1CC(O)C1)C(=O)CNC(=O)c1cccc(F)c1. The van der Waals surface area contributed by atoms with E-state index in [-0.39, 0.29) is 24.1 Å². The molecule has 2 N–H and O–H groups in total. The second kappa shape index (κ2) is 6.67. The molecule has 0 aromatic heterocycles. The number of likely N-dealkylation sites (N-methyl/N-ethyl adjacent to an activating group) is 1. The number of carbonyl (C=O) groups excluding carboxylic acids is 2. The molecule has 1 saturated carbocycles. The lowest BCUT2D eigenvalue weighted by Gasteiger charge is -2.34. The van der Waals surface area contributed by atoms with Crippen LogP contribution in [0, 0.1) is 11.7 Å². The van der Waals surface area contributed by atoms with E-state index in [2.05, 4.69) is 5.32 Å². The summed E-state index contributed by atoms with van der Waals surface area (Å²) >= 11 is 0. The summed E-state index contributed by atoms with van der Waals surface area (Å²) < 4.78 is 13.0. The first-order valence-electron chi connectivity index (χ1n) is 6.91. The fraction of sp³-hybridized carbons (Fsp3) is 0.467. The summed E-state index contributed by atoms with van der Waals surface area (Å²) in [5.41, 5.74) is 0.188.